The van der Waals surface area contributed by atoms with Crippen LogP contribution in [0.5, 0.6) is 0 Å². The van der Waals surface area contributed by atoms with Gasteiger partial charge in [0.15, 0.2) is 0 Å². The minimum Gasteiger partial charge on any atom is -0.248 e. The van der Waals surface area contributed by atoms with Gasteiger partial charge in [-0.15, -0.1) is 0 Å². The van der Waals surface area contributed by atoms with Crippen molar-refractivity contribution in [3.63, 3.8) is 0 Å². The summed E-state index contributed by atoms with van der Waals surface area (Å²) in [5, 5.41) is 2.40. The maximum Gasteiger partial charge on any atom is 0.0709 e. The van der Waals surface area contributed by atoms with Crippen LogP contribution in [0.1, 0.15) is 0 Å². The lowest BCUT2D eigenvalue weighted by atomic mass is 10.1. The van der Waals surface area contributed by atoms with Crippen LogP contribution in [-0.2, 0) is 0 Å². The van der Waals surface area contributed by atoms with Gasteiger partial charge in [-0.3, -0.25) is 0 Å². The summed E-state index contributed by atoms with van der Waals surface area (Å²) in [5.41, 5.74) is 2.12. The molecule has 1 aromatic heterocycles. The van der Waals surface area contributed by atoms with Crippen LogP contribution in [0.4, 0.5) is 0 Å². The summed E-state index contributed by atoms with van der Waals surface area (Å²) in [4.78, 5) is 4.58. The number of rotatable bonds is 0. The highest BCUT2D eigenvalue weighted by molar-refractivity contribution is 6.92. The number of hydrogen-bond acceptors (Lipinski definition) is 1. The zero-order valence-electron chi connectivity index (χ0n) is 8.35. The molecule has 2 heteroatoms. The SMILES string of the molecule is P.c1ccc2nc3ccccc3cc2c1. The molecular weight excluding hydrogens is 201 g/mol. The van der Waals surface area contributed by atoms with Gasteiger partial charge in [-0.25, -0.2) is 4.98 Å². The van der Waals surface area contributed by atoms with Gasteiger partial charge in [0.25, 0.3) is 0 Å². The lowest BCUT2D eigenvalue weighted by Crippen LogP contribution is -1.80. The number of hydrogen-bond donors (Lipinski definition) is 0. The molecule has 0 amide bonds. The molecule has 0 fully saturated rings. The highest BCUT2D eigenvalue weighted by atomic mass is 31.0. The normalized spacial score (nSPS) is 10.1. The van der Waals surface area contributed by atoms with E-state index in [0.29, 0.717) is 0 Å². The number of benzene rings is 2. The van der Waals surface area contributed by atoms with Gasteiger partial charge >= 0.3 is 0 Å². The van der Waals surface area contributed by atoms with Crippen molar-refractivity contribution in [1.29, 1.82) is 0 Å². The largest absolute Gasteiger partial charge is 0.248 e. The first kappa shape index (κ1) is 10.1. The van der Waals surface area contributed by atoms with Crippen molar-refractivity contribution in [2.45, 2.75) is 0 Å². The van der Waals surface area contributed by atoms with Gasteiger partial charge in [0, 0.05) is 10.8 Å². The molecule has 0 N–H and O–H groups in total. The topological polar surface area (TPSA) is 12.9 Å². The average Bonchev–Trinajstić information content (AvgIpc) is 2.26. The molecule has 0 bridgehead atoms. The van der Waals surface area contributed by atoms with Crippen molar-refractivity contribution in [2.75, 3.05) is 0 Å². The number of fused-ring (bicyclic) bond motifs is 2. The van der Waals surface area contributed by atoms with E-state index in [1.165, 1.54) is 10.8 Å². The third-order valence-electron chi connectivity index (χ3n) is 2.43. The monoisotopic (exact) mass is 213 g/mol. The Bertz CT molecular complexity index is 499. The number of pyridine rings is 1. The molecule has 0 aliphatic rings. The summed E-state index contributed by atoms with van der Waals surface area (Å²) in [6, 6.07) is 18.6. The molecule has 15 heavy (non-hydrogen) atoms. The number of aromatic nitrogens is 1. The molecule has 0 spiro atoms. The van der Waals surface area contributed by atoms with Gasteiger partial charge < -0.3 is 0 Å². The van der Waals surface area contributed by atoms with E-state index in [-0.39, 0.29) is 9.90 Å². The zero-order chi connectivity index (χ0) is 9.38. The maximum absolute atomic E-state index is 4.58. The summed E-state index contributed by atoms with van der Waals surface area (Å²) in [5.74, 6) is 0. The summed E-state index contributed by atoms with van der Waals surface area (Å²) in [6.07, 6.45) is 0. The third-order valence-corrected chi connectivity index (χ3v) is 2.43. The van der Waals surface area contributed by atoms with Crippen LogP contribution in [0.15, 0.2) is 54.6 Å². The second kappa shape index (κ2) is 3.96. The van der Waals surface area contributed by atoms with Gasteiger partial charge in [0.2, 0.25) is 0 Å². The first-order valence-corrected chi connectivity index (χ1v) is 4.68. The standard InChI is InChI=1S/C13H9N.H3P/c1-3-7-12-10(5-1)9-11-6-2-4-8-13(11)14-12;/h1-9H;1H3. The number of nitrogens with zero attached hydrogens (tertiary/aromatic N) is 1. The molecule has 1 atom stereocenters. The second-order valence-electron chi connectivity index (χ2n) is 3.37. The van der Waals surface area contributed by atoms with Gasteiger partial charge in [-0.1, -0.05) is 36.4 Å². The van der Waals surface area contributed by atoms with Crippen LogP contribution in [0, 0.1) is 0 Å². The van der Waals surface area contributed by atoms with E-state index >= 15 is 0 Å². The minimum absolute atomic E-state index is 0. The Morgan fingerprint density at radius 3 is 1.67 bits per heavy atom. The molecule has 0 aliphatic heterocycles. The first-order valence-electron chi connectivity index (χ1n) is 4.68. The van der Waals surface area contributed by atoms with Crippen molar-refractivity contribution >= 4 is 31.7 Å². The molecule has 3 aromatic rings. The lowest BCUT2D eigenvalue weighted by molar-refractivity contribution is 1.50. The van der Waals surface area contributed by atoms with Gasteiger partial charge in [-0.05, 0) is 18.2 Å². The molecular formula is C13H12NP. The molecule has 74 valence electrons. The summed E-state index contributed by atoms with van der Waals surface area (Å²) < 4.78 is 0. The minimum atomic E-state index is 0. The van der Waals surface area contributed by atoms with Crippen molar-refractivity contribution in [2.24, 2.45) is 0 Å². The van der Waals surface area contributed by atoms with Gasteiger partial charge in [0.05, 0.1) is 11.0 Å². The van der Waals surface area contributed by atoms with E-state index in [4.69, 9.17) is 0 Å². The third kappa shape index (κ3) is 1.71. The fourth-order valence-electron chi connectivity index (χ4n) is 1.72. The Balaban J connectivity index is 0.000000853. The van der Waals surface area contributed by atoms with Crippen molar-refractivity contribution < 1.29 is 0 Å². The molecule has 3 rings (SSSR count). The van der Waals surface area contributed by atoms with Crippen LogP contribution in [0.25, 0.3) is 21.8 Å². The Labute approximate surface area is 91.8 Å². The molecule has 0 aliphatic carbocycles. The van der Waals surface area contributed by atoms with Crippen molar-refractivity contribution in [3.8, 4) is 0 Å². The first-order chi connectivity index (χ1) is 6.93. The van der Waals surface area contributed by atoms with Crippen molar-refractivity contribution in [3.05, 3.63) is 54.6 Å². The second-order valence-corrected chi connectivity index (χ2v) is 3.37. The van der Waals surface area contributed by atoms with Crippen LogP contribution < -0.4 is 0 Å². The number of para-hydroxylation sites is 2. The van der Waals surface area contributed by atoms with E-state index < -0.39 is 0 Å². The molecule has 1 unspecified atom stereocenters. The average molecular weight is 213 g/mol. The molecule has 1 nitrogen and oxygen atoms in total. The Kier molecular flexibility index (Phi) is 2.66. The Morgan fingerprint density at radius 1 is 0.667 bits per heavy atom. The highest BCUT2D eigenvalue weighted by Crippen LogP contribution is 2.18. The smallest absolute Gasteiger partial charge is 0.0709 e. The molecule has 0 saturated heterocycles. The van der Waals surface area contributed by atoms with Crippen molar-refractivity contribution in [1.82, 2.24) is 4.98 Å². The summed E-state index contributed by atoms with van der Waals surface area (Å²) >= 11 is 0. The molecule has 1 heterocycles. The van der Waals surface area contributed by atoms with Crippen LogP contribution >= 0.6 is 9.90 Å². The van der Waals surface area contributed by atoms with E-state index in [9.17, 15) is 0 Å². The van der Waals surface area contributed by atoms with Gasteiger partial charge in [0.1, 0.15) is 0 Å². The van der Waals surface area contributed by atoms with Crippen LogP contribution in [-0.4, -0.2) is 4.98 Å². The van der Waals surface area contributed by atoms with E-state index in [0.717, 1.165) is 11.0 Å². The predicted octanol–water partition coefficient (Wildman–Crippen LogP) is 3.45. The van der Waals surface area contributed by atoms with Gasteiger partial charge in [-0.2, -0.15) is 9.90 Å². The summed E-state index contributed by atoms with van der Waals surface area (Å²) in [6.45, 7) is 0. The molecule has 2 aromatic carbocycles. The predicted molar refractivity (Wildman–Crippen MR) is 70.4 cm³/mol. The highest BCUT2D eigenvalue weighted by Gasteiger charge is 1.96. The fourth-order valence-corrected chi connectivity index (χ4v) is 1.72. The van der Waals surface area contributed by atoms with Crippen LogP contribution in [0.2, 0.25) is 0 Å². The molecule has 0 saturated carbocycles. The molecule has 0 radical (unpaired) electrons. The van der Waals surface area contributed by atoms with E-state index in [2.05, 4.69) is 23.2 Å². The Hall–Kier alpha value is -1.46. The lowest BCUT2D eigenvalue weighted by Gasteiger charge is -1.99. The fraction of sp³-hybridized carbons (Fsp3) is 0. The zero-order valence-corrected chi connectivity index (χ0v) is 9.76. The quantitative estimate of drug-likeness (QED) is 0.411. The van der Waals surface area contributed by atoms with E-state index in [1.54, 1.807) is 0 Å². The summed E-state index contributed by atoms with van der Waals surface area (Å²) in [7, 11) is 0. The van der Waals surface area contributed by atoms with E-state index in [1.807, 2.05) is 36.4 Å². The maximum atomic E-state index is 4.58. The van der Waals surface area contributed by atoms with Crippen LogP contribution in [0.3, 0.4) is 0 Å². The Morgan fingerprint density at radius 2 is 1.13 bits per heavy atom.